The van der Waals surface area contributed by atoms with Crippen molar-refractivity contribution >= 4 is 30.2 Å². The first-order chi connectivity index (χ1) is 35.1. The highest BCUT2D eigenvalue weighted by Gasteiger charge is 2.20. The van der Waals surface area contributed by atoms with E-state index in [1.54, 1.807) is 0 Å². The normalized spacial score (nSPS) is 12.5. The summed E-state index contributed by atoms with van der Waals surface area (Å²) in [7, 11) is 0. The lowest BCUT2D eigenvalue weighted by Gasteiger charge is -2.18. The minimum atomic E-state index is -0.818. The Balaban J connectivity index is 4.73. The Labute approximate surface area is 441 Å². The van der Waals surface area contributed by atoms with Gasteiger partial charge >= 0.3 is 30.2 Å². The van der Waals surface area contributed by atoms with Crippen LogP contribution in [0.25, 0.3) is 0 Å². The van der Waals surface area contributed by atoms with Crippen molar-refractivity contribution in [3.63, 3.8) is 0 Å². The SMILES string of the molecule is CCCCCCCCC(CCCCCC)OC(=O)CCCCCCCNC(=O)OCC(COC(=O)CCCCCCC(=O)OC(CCCCCC)CCCCCCCC)COC(=O)OCCCN(CC)CC. The molecule has 1 N–H and O–H groups in total. The van der Waals surface area contributed by atoms with Crippen LogP contribution >= 0.6 is 0 Å². The fraction of sp³-hybridized carbons (Fsp3) is 0.915. The summed E-state index contributed by atoms with van der Waals surface area (Å²) in [6.45, 7) is 16.0. The number of hydrogen-bond acceptors (Lipinski definition) is 12. The van der Waals surface area contributed by atoms with Crippen LogP contribution in [0.5, 0.6) is 0 Å². The van der Waals surface area contributed by atoms with Crippen LogP contribution < -0.4 is 5.32 Å². The highest BCUT2D eigenvalue weighted by Crippen LogP contribution is 2.20. The maximum Gasteiger partial charge on any atom is 0.508 e. The molecule has 1 amide bonds. The van der Waals surface area contributed by atoms with Gasteiger partial charge in [-0.1, -0.05) is 176 Å². The number of carbonyl (C=O) groups excluding carboxylic acids is 5. The van der Waals surface area contributed by atoms with Gasteiger partial charge in [0.15, 0.2) is 0 Å². The van der Waals surface area contributed by atoms with E-state index in [-0.39, 0.29) is 63.0 Å². The highest BCUT2D eigenvalue weighted by atomic mass is 16.7. The second-order valence-corrected chi connectivity index (χ2v) is 20.3. The number of hydrogen-bond donors (Lipinski definition) is 1. The number of esters is 3. The van der Waals surface area contributed by atoms with Gasteiger partial charge in [0, 0.05) is 32.4 Å². The molecule has 0 aliphatic rings. The van der Waals surface area contributed by atoms with E-state index < -0.39 is 18.2 Å². The van der Waals surface area contributed by atoms with Crippen molar-refractivity contribution in [2.75, 3.05) is 52.6 Å². The Morgan fingerprint density at radius 3 is 1.22 bits per heavy atom. The predicted molar refractivity (Wildman–Crippen MR) is 292 cm³/mol. The molecule has 13 heteroatoms. The molecule has 0 rings (SSSR count). The quantitative estimate of drug-likeness (QED) is 0.0350. The van der Waals surface area contributed by atoms with Crippen molar-refractivity contribution in [3.05, 3.63) is 0 Å². The van der Waals surface area contributed by atoms with Gasteiger partial charge in [-0.05, 0) is 96.6 Å². The van der Waals surface area contributed by atoms with Crippen LogP contribution in [-0.4, -0.2) is 99.9 Å². The average Bonchev–Trinajstić information content (AvgIpc) is 3.37. The summed E-state index contributed by atoms with van der Waals surface area (Å²) in [5.74, 6) is -1.16. The van der Waals surface area contributed by atoms with Crippen LogP contribution in [-0.2, 0) is 42.8 Å². The van der Waals surface area contributed by atoms with Crippen LogP contribution in [0.4, 0.5) is 9.59 Å². The predicted octanol–water partition coefficient (Wildman–Crippen LogP) is 15.7. The number of ether oxygens (including phenoxy) is 6. The number of alkyl carbamates (subject to hydrolysis) is 1. The highest BCUT2D eigenvalue weighted by molar-refractivity contribution is 5.70. The number of nitrogens with one attached hydrogen (secondary N) is 1. The van der Waals surface area contributed by atoms with Crippen molar-refractivity contribution in [1.29, 1.82) is 0 Å². The molecule has 0 aromatic carbocycles. The van der Waals surface area contributed by atoms with Crippen molar-refractivity contribution in [2.24, 2.45) is 5.92 Å². The van der Waals surface area contributed by atoms with Crippen molar-refractivity contribution < 1.29 is 52.4 Å². The largest absolute Gasteiger partial charge is 0.508 e. The molecule has 0 aromatic heterocycles. The van der Waals surface area contributed by atoms with E-state index in [1.807, 2.05) is 0 Å². The van der Waals surface area contributed by atoms with E-state index in [9.17, 15) is 24.0 Å². The molecule has 0 aliphatic heterocycles. The molecule has 0 saturated heterocycles. The van der Waals surface area contributed by atoms with Gasteiger partial charge < -0.3 is 38.6 Å². The number of carbonyl (C=O) groups is 5. The monoisotopic (exact) mass is 1020 g/mol. The summed E-state index contributed by atoms with van der Waals surface area (Å²) in [6, 6.07) is 0. The molecule has 3 unspecified atom stereocenters. The summed E-state index contributed by atoms with van der Waals surface area (Å²) in [5.41, 5.74) is 0. The average molecular weight is 1030 g/mol. The van der Waals surface area contributed by atoms with Gasteiger partial charge in [0.2, 0.25) is 0 Å². The standard InChI is InChI=1S/C59H112N2O11/c1-7-13-17-21-24-32-41-53(39-30-19-15-9-3)71-56(63)44-35-26-23-29-37-46-60-58(65)69-50-52(51-70-59(66)67-48-38-47-61(11-5)12-6)49-68-55(62)43-34-27-28-36-45-57(64)72-54(40-31-20-16-10-4)42-33-25-22-18-14-8-2/h52-54H,7-51H2,1-6H3,(H,60,65). The fourth-order valence-electron chi connectivity index (χ4n) is 8.81. The van der Waals surface area contributed by atoms with Gasteiger partial charge in [-0.15, -0.1) is 0 Å². The molecule has 0 heterocycles. The third-order valence-corrected chi connectivity index (χ3v) is 13.6. The van der Waals surface area contributed by atoms with Crippen LogP contribution in [0.1, 0.15) is 279 Å². The minimum absolute atomic E-state index is 0.0112. The van der Waals surface area contributed by atoms with Gasteiger partial charge in [0.05, 0.1) is 12.5 Å². The molecule has 424 valence electrons. The zero-order valence-corrected chi connectivity index (χ0v) is 47.5. The van der Waals surface area contributed by atoms with E-state index in [4.69, 9.17) is 28.4 Å². The first-order valence-corrected chi connectivity index (χ1v) is 30.1. The molecular weight excluding hydrogens is 913 g/mol. The maximum atomic E-state index is 12.7. The number of rotatable bonds is 53. The Bertz CT molecular complexity index is 1270. The summed E-state index contributed by atoms with van der Waals surface area (Å²) in [6.07, 6.45) is 35.7. The molecule has 0 saturated carbocycles. The topological polar surface area (TPSA) is 156 Å². The Hall–Kier alpha value is -3.09. The fourth-order valence-corrected chi connectivity index (χ4v) is 8.81. The third-order valence-electron chi connectivity index (χ3n) is 13.6. The first kappa shape index (κ1) is 68.9. The van der Waals surface area contributed by atoms with Crippen molar-refractivity contribution in [3.8, 4) is 0 Å². The van der Waals surface area contributed by atoms with Crippen molar-refractivity contribution in [1.82, 2.24) is 10.2 Å². The second kappa shape index (κ2) is 52.8. The van der Waals surface area contributed by atoms with Gasteiger partial charge in [-0.2, -0.15) is 0 Å². The van der Waals surface area contributed by atoms with Crippen LogP contribution in [0.3, 0.4) is 0 Å². The molecule has 72 heavy (non-hydrogen) atoms. The molecule has 3 atom stereocenters. The Morgan fingerprint density at radius 1 is 0.389 bits per heavy atom. The molecule has 0 aromatic rings. The summed E-state index contributed by atoms with van der Waals surface area (Å²) in [5, 5.41) is 2.79. The molecule has 0 aliphatic carbocycles. The molecule has 0 spiro atoms. The summed E-state index contributed by atoms with van der Waals surface area (Å²) >= 11 is 0. The minimum Gasteiger partial charge on any atom is -0.465 e. The number of nitrogens with zero attached hydrogens (tertiary/aromatic N) is 1. The lowest BCUT2D eigenvalue weighted by atomic mass is 10.0. The lowest BCUT2D eigenvalue weighted by molar-refractivity contribution is -0.151. The van der Waals surface area contributed by atoms with Crippen LogP contribution in [0.15, 0.2) is 0 Å². The molecule has 0 radical (unpaired) electrons. The Kier molecular flexibility index (Phi) is 50.5. The van der Waals surface area contributed by atoms with E-state index in [1.165, 1.54) is 103 Å². The van der Waals surface area contributed by atoms with Crippen LogP contribution in [0, 0.1) is 5.92 Å². The van der Waals surface area contributed by atoms with E-state index >= 15 is 0 Å². The van der Waals surface area contributed by atoms with Gasteiger partial charge in [0.25, 0.3) is 0 Å². The molecule has 0 fully saturated rings. The van der Waals surface area contributed by atoms with Gasteiger partial charge in [-0.3, -0.25) is 14.4 Å². The Morgan fingerprint density at radius 2 is 0.764 bits per heavy atom. The lowest BCUT2D eigenvalue weighted by Crippen LogP contribution is -2.31. The van der Waals surface area contributed by atoms with E-state index in [2.05, 4.69) is 51.8 Å². The number of amides is 1. The zero-order valence-electron chi connectivity index (χ0n) is 47.5. The molecular formula is C59H112N2O11. The van der Waals surface area contributed by atoms with Crippen LogP contribution in [0.2, 0.25) is 0 Å². The smallest absolute Gasteiger partial charge is 0.465 e. The first-order valence-electron chi connectivity index (χ1n) is 30.1. The van der Waals surface area contributed by atoms with E-state index in [0.717, 1.165) is 122 Å². The molecule has 13 nitrogen and oxygen atoms in total. The molecule has 0 bridgehead atoms. The third kappa shape index (κ3) is 46.7. The van der Waals surface area contributed by atoms with Crippen molar-refractivity contribution in [2.45, 2.75) is 291 Å². The number of unbranched alkanes of at least 4 members (excludes halogenated alkanes) is 23. The van der Waals surface area contributed by atoms with Gasteiger partial charge in [-0.25, -0.2) is 9.59 Å². The summed E-state index contributed by atoms with van der Waals surface area (Å²) < 4.78 is 33.5. The maximum absolute atomic E-state index is 12.7. The summed E-state index contributed by atoms with van der Waals surface area (Å²) in [4.78, 5) is 65.5. The second-order valence-electron chi connectivity index (χ2n) is 20.3. The van der Waals surface area contributed by atoms with E-state index in [0.29, 0.717) is 32.2 Å². The zero-order chi connectivity index (χ0) is 53.0. The van der Waals surface area contributed by atoms with Gasteiger partial charge in [0.1, 0.15) is 32.0 Å².